The Bertz CT molecular complexity index is 1080. The van der Waals surface area contributed by atoms with Crippen molar-refractivity contribution in [2.45, 2.75) is 75.5 Å². The summed E-state index contributed by atoms with van der Waals surface area (Å²) >= 11 is 0. The highest BCUT2D eigenvalue weighted by Gasteiger charge is 2.46. The van der Waals surface area contributed by atoms with Crippen molar-refractivity contribution in [1.29, 1.82) is 0 Å². The summed E-state index contributed by atoms with van der Waals surface area (Å²) in [5, 5.41) is -0.632. The van der Waals surface area contributed by atoms with E-state index in [4.69, 9.17) is 4.74 Å². The van der Waals surface area contributed by atoms with Crippen LogP contribution in [0.15, 0.2) is 35.9 Å². The summed E-state index contributed by atoms with van der Waals surface area (Å²) in [5.41, 5.74) is 0.558. The minimum absolute atomic E-state index is 0.0369. The summed E-state index contributed by atoms with van der Waals surface area (Å²) in [6.07, 6.45) is 10.7. The highest BCUT2D eigenvalue weighted by atomic mass is 32.2. The number of carbonyl (C=O) groups excluding carboxylic acids is 1. The van der Waals surface area contributed by atoms with E-state index in [0.29, 0.717) is 38.6 Å². The fourth-order valence-electron chi connectivity index (χ4n) is 4.97. The molecule has 1 aliphatic heterocycles. The van der Waals surface area contributed by atoms with Gasteiger partial charge in [0.15, 0.2) is 0 Å². The number of allylic oxidation sites excluding steroid dienone is 3. The van der Waals surface area contributed by atoms with Gasteiger partial charge in [0, 0.05) is 25.1 Å². The molecule has 0 N–H and O–H groups in total. The molecule has 2 fully saturated rings. The van der Waals surface area contributed by atoms with Gasteiger partial charge in [0.1, 0.15) is 16.9 Å². The van der Waals surface area contributed by atoms with E-state index in [1.54, 1.807) is 6.92 Å². The Morgan fingerprint density at radius 2 is 2.00 bits per heavy atom. The van der Waals surface area contributed by atoms with Crippen LogP contribution in [0, 0.1) is 11.6 Å². The first-order chi connectivity index (χ1) is 15.8. The Morgan fingerprint density at radius 1 is 1.21 bits per heavy atom. The molecule has 33 heavy (non-hydrogen) atoms. The lowest BCUT2D eigenvalue weighted by atomic mass is 9.89. The summed E-state index contributed by atoms with van der Waals surface area (Å²) in [6, 6.07) is 2.33. The van der Waals surface area contributed by atoms with Gasteiger partial charge in [-0.2, -0.15) is 4.31 Å². The molecule has 0 spiro atoms. The van der Waals surface area contributed by atoms with Gasteiger partial charge < -0.3 is 4.74 Å². The lowest BCUT2D eigenvalue weighted by Crippen LogP contribution is -2.44. The van der Waals surface area contributed by atoms with Crippen molar-refractivity contribution >= 4 is 16.0 Å². The molecule has 1 atom stereocenters. The van der Waals surface area contributed by atoms with Gasteiger partial charge in [-0.25, -0.2) is 17.2 Å². The number of benzene rings is 1. The van der Waals surface area contributed by atoms with Crippen molar-refractivity contribution in [1.82, 2.24) is 4.31 Å². The van der Waals surface area contributed by atoms with Gasteiger partial charge in [-0.1, -0.05) is 18.2 Å². The molecule has 0 amide bonds. The van der Waals surface area contributed by atoms with Gasteiger partial charge in [0.25, 0.3) is 0 Å². The van der Waals surface area contributed by atoms with Crippen molar-refractivity contribution in [3.8, 4) is 0 Å². The molecule has 1 aromatic carbocycles. The average Bonchev–Trinajstić information content (AvgIpc) is 3.57. The molecule has 8 heteroatoms. The topological polar surface area (TPSA) is 63.7 Å². The van der Waals surface area contributed by atoms with Gasteiger partial charge in [-0.3, -0.25) is 4.79 Å². The third-order valence-electron chi connectivity index (χ3n) is 7.01. The second-order valence-corrected chi connectivity index (χ2v) is 11.3. The van der Waals surface area contributed by atoms with E-state index in [0.717, 1.165) is 24.5 Å². The largest absolute Gasteiger partial charge is 0.466 e. The predicted molar refractivity (Wildman–Crippen MR) is 122 cm³/mol. The number of rotatable bonds is 8. The van der Waals surface area contributed by atoms with Crippen LogP contribution >= 0.6 is 0 Å². The summed E-state index contributed by atoms with van der Waals surface area (Å²) in [7, 11) is -3.67. The van der Waals surface area contributed by atoms with Crippen molar-refractivity contribution in [3.63, 3.8) is 0 Å². The molecule has 0 bridgehead atoms. The number of nitrogens with zero attached hydrogens (tertiary/aromatic N) is 1. The summed E-state index contributed by atoms with van der Waals surface area (Å²) in [5.74, 6) is -1.49. The van der Waals surface area contributed by atoms with E-state index in [1.807, 2.05) is 18.2 Å². The summed E-state index contributed by atoms with van der Waals surface area (Å²) in [4.78, 5) is 11.7. The van der Waals surface area contributed by atoms with Crippen molar-refractivity contribution in [2.24, 2.45) is 0 Å². The van der Waals surface area contributed by atoms with E-state index >= 15 is 8.78 Å². The maximum absolute atomic E-state index is 15.1. The average molecular weight is 480 g/mol. The van der Waals surface area contributed by atoms with E-state index in [-0.39, 0.29) is 36.7 Å². The third-order valence-corrected chi connectivity index (χ3v) is 9.27. The van der Waals surface area contributed by atoms with Crippen LogP contribution < -0.4 is 0 Å². The SMILES string of the molecule is CCOC(=O)CCC1(c2cc(F)c(CN3CCC[C@H](C4=CCCC=C4)S3(=O)=O)cc2F)CC1. The number of sulfonamides is 1. The van der Waals surface area contributed by atoms with Crippen LogP contribution in [0.1, 0.15) is 69.4 Å². The molecule has 0 radical (unpaired) electrons. The van der Waals surface area contributed by atoms with Gasteiger partial charge in [-0.15, -0.1) is 0 Å². The third kappa shape index (κ3) is 5.06. The van der Waals surface area contributed by atoms with Crippen molar-refractivity contribution in [2.75, 3.05) is 13.2 Å². The highest BCUT2D eigenvalue weighted by Crippen LogP contribution is 2.53. The normalized spacial score (nSPS) is 23.7. The molecule has 1 aromatic rings. The standard InChI is InChI=1S/C25H31F2NO4S/c1-2-32-24(29)10-11-25(12-13-25)20-16-21(26)19(15-22(20)27)17-28-14-6-9-23(33(28,30)31)18-7-4-3-5-8-18/h4,7-8,15-16,23H,2-3,5-6,9-14,17H2,1H3/t23-/m1/s1. The lowest BCUT2D eigenvalue weighted by Gasteiger charge is -2.33. The van der Waals surface area contributed by atoms with Gasteiger partial charge in [-0.05, 0) is 80.6 Å². The molecule has 180 valence electrons. The minimum Gasteiger partial charge on any atom is -0.466 e. The Labute approximate surface area is 194 Å². The number of hydrogen-bond donors (Lipinski definition) is 0. The van der Waals surface area contributed by atoms with Crippen LogP contribution in [0.4, 0.5) is 8.78 Å². The first kappa shape index (κ1) is 24.1. The molecule has 1 saturated carbocycles. The van der Waals surface area contributed by atoms with Crippen LogP contribution in [0.5, 0.6) is 0 Å². The maximum Gasteiger partial charge on any atom is 0.305 e. The molecule has 5 nitrogen and oxygen atoms in total. The Hall–Kier alpha value is -2.06. The maximum atomic E-state index is 15.1. The zero-order valence-corrected chi connectivity index (χ0v) is 19.8. The molecule has 0 aromatic heterocycles. The first-order valence-corrected chi connectivity index (χ1v) is 13.3. The molecular weight excluding hydrogens is 448 g/mol. The molecule has 1 saturated heterocycles. The molecule has 1 heterocycles. The number of esters is 1. The zero-order valence-electron chi connectivity index (χ0n) is 19.0. The highest BCUT2D eigenvalue weighted by molar-refractivity contribution is 7.90. The predicted octanol–water partition coefficient (Wildman–Crippen LogP) is 4.91. The lowest BCUT2D eigenvalue weighted by molar-refractivity contribution is -0.143. The zero-order chi connectivity index (χ0) is 23.6. The Morgan fingerprint density at radius 3 is 2.67 bits per heavy atom. The van der Waals surface area contributed by atoms with Crippen LogP contribution in [0.25, 0.3) is 0 Å². The number of carbonyl (C=O) groups is 1. The molecule has 4 rings (SSSR count). The fraction of sp³-hybridized carbons (Fsp3) is 0.560. The van der Waals surface area contributed by atoms with Crippen molar-refractivity contribution in [3.05, 3.63) is 58.7 Å². The van der Waals surface area contributed by atoms with Crippen LogP contribution in [0.3, 0.4) is 0 Å². The summed E-state index contributed by atoms with van der Waals surface area (Å²) < 4.78 is 62.9. The minimum atomic E-state index is -3.67. The number of halogens is 2. The number of hydrogen-bond acceptors (Lipinski definition) is 4. The second-order valence-electron chi connectivity index (χ2n) is 9.20. The smallest absolute Gasteiger partial charge is 0.305 e. The van der Waals surface area contributed by atoms with E-state index in [2.05, 4.69) is 0 Å². The van der Waals surface area contributed by atoms with Gasteiger partial charge in [0.05, 0.1) is 6.61 Å². The van der Waals surface area contributed by atoms with E-state index in [9.17, 15) is 13.2 Å². The molecule has 3 aliphatic rings. The summed E-state index contributed by atoms with van der Waals surface area (Å²) in [6.45, 7) is 2.13. The van der Waals surface area contributed by atoms with Crippen molar-refractivity contribution < 1.29 is 26.7 Å². The Kier molecular flexibility index (Phi) is 7.05. The van der Waals surface area contributed by atoms with Gasteiger partial charge >= 0.3 is 5.97 Å². The quantitative estimate of drug-likeness (QED) is 0.497. The molecular formula is C25H31F2NO4S. The van der Waals surface area contributed by atoms with Crippen LogP contribution in [-0.2, 0) is 31.5 Å². The Balaban J connectivity index is 1.51. The fourth-order valence-corrected chi connectivity index (χ4v) is 7.02. The second kappa shape index (κ2) is 9.66. The van der Waals surface area contributed by atoms with E-state index in [1.165, 1.54) is 10.4 Å². The molecule has 0 unspecified atom stereocenters. The van der Waals surface area contributed by atoms with Gasteiger partial charge in [0.2, 0.25) is 10.0 Å². The monoisotopic (exact) mass is 479 g/mol. The van der Waals surface area contributed by atoms with Crippen LogP contribution in [0.2, 0.25) is 0 Å². The van der Waals surface area contributed by atoms with E-state index < -0.39 is 32.3 Å². The number of ether oxygens (including phenoxy) is 1. The first-order valence-electron chi connectivity index (χ1n) is 11.8. The van der Waals surface area contributed by atoms with Crippen LogP contribution in [-0.4, -0.2) is 37.1 Å². The molecule has 2 aliphatic carbocycles.